The first-order chi connectivity index (χ1) is 7.89. The van der Waals surface area contributed by atoms with Gasteiger partial charge in [0, 0.05) is 26.2 Å². The van der Waals surface area contributed by atoms with Crippen LogP contribution < -0.4 is 0 Å². The molecule has 1 amide bonds. The lowest BCUT2D eigenvalue weighted by Crippen LogP contribution is -2.51. The molecule has 2 aliphatic rings. The van der Waals surface area contributed by atoms with Crippen LogP contribution in [0.2, 0.25) is 0 Å². The molecule has 1 saturated carbocycles. The number of carbonyl (C=O) groups excluding carboxylic acids is 1. The Morgan fingerprint density at radius 2 is 1.76 bits per heavy atom. The molecule has 2 fully saturated rings. The number of nitrogens with zero attached hydrogens (tertiary/aromatic N) is 3. The lowest BCUT2D eigenvalue weighted by Gasteiger charge is -2.34. The van der Waals surface area contributed by atoms with Gasteiger partial charge in [0.05, 0.1) is 12.3 Å². The third kappa shape index (κ3) is 2.28. The van der Waals surface area contributed by atoms with Gasteiger partial charge in [-0.1, -0.05) is 0 Å². The Hall–Kier alpha value is -1.13. The number of hydrogen-bond donors (Lipinski definition) is 0. The number of amides is 1. The van der Waals surface area contributed by atoms with Crippen molar-refractivity contribution in [3.05, 3.63) is 0 Å². The summed E-state index contributed by atoms with van der Waals surface area (Å²) in [5.74, 6) is -0.131. The summed E-state index contributed by atoms with van der Waals surface area (Å²) in [7, 11) is -3.17. The van der Waals surface area contributed by atoms with Crippen LogP contribution in [0.5, 0.6) is 0 Å². The van der Waals surface area contributed by atoms with Gasteiger partial charge in [0.15, 0.2) is 0 Å². The number of nitriles is 1. The Balaban J connectivity index is 1.97. The maximum Gasteiger partial charge on any atom is 0.243 e. The zero-order chi connectivity index (χ0) is 12.7. The second-order valence-corrected chi connectivity index (χ2v) is 6.63. The third-order valence-electron chi connectivity index (χ3n) is 3.37. The molecule has 1 aliphatic heterocycles. The fraction of sp³-hybridized carbons (Fsp3) is 0.800. The molecule has 6 nitrogen and oxygen atoms in total. The first-order valence-electron chi connectivity index (χ1n) is 5.55. The van der Waals surface area contributed by atoms with E-state index in [0.29, 0.717) is 39.0 Å². The molecular weight excluding hydrogens is 242 g/mol. The molecule has 0 spiro atoms. The number of carbonyl (C=O) groups is 1. The predicted octanol–water partition coefficient (Wildman–Crippen LogP) is -0.606. The Kier molecular flexibility index (Phi) is 2.87. The quantitative estimate of drug-likeness (QED) is 0.661. The highest BCUT2D eigenvalue weighted by molar-refractivity contribution is 7.88. The summed E-state index contributed by atoms with van der Waals surface area (Å²) in [4.78, 5) is 13.6. The van der Waals surface area contributed by atoms with E-state index in [9.17, 15) is 13.2 Å². The number of piperazine rings is 1. The van der Waals surface area contributed by atoms with Crippen molar-refractivity contribution in [1.29, 1.82) is 5.26 Å². The summed E-state index contributed by atoms with van der Waals surface area (Å²) in [6.07, 6.45) is 2.44. The first-order valence-corrected chi connectivity index (χ1v) is 7.40. The Morgan fingerprint density at radius 1 is 1.24 bits per heavy atom. The average molecular weight is 257 g/mol. The molecule has 0 atom stereocenters. The van der Waals surface area contributed by atoms with E-state index in [2.05, 4.69) is 6.07 Å². The maximum atomic E-state index is 12.0. The molecule has 0 radical (unpaired) electrons. The monoisotopic (exact) mass is 257 g/mol. The largest absolute Gasteiger partial charge is 0.339 e. The van der Waals surface area contributed by atoms with Crippen molar-refractivity contribution in [2.24, 2.45) is 5.41 Å². The van der Waals surface area contributed by atoms with Crippen LogP contribution in [0.4, 0.5) is 0 Å². The number of sulfonamides is 1. The second-order valence-electron chi connectivity index (χ2n) is 4.65. The highest BCUT2D eigenvalue weighted by Gasteiger charge is 2.52. The molecule has 0 bridgehead atoms. The van der Waals surface area contributed by atoms with Gasteiger partial charge in [0.2, 0.25) is 15.9 Å². The van der Waals surface area contributed by atoms with Gasteiger partial charge in [-0.25, -0.2) is 8.42 Å². The standard InChI is InChI=1S/C10H15N3O3S/c1-17(15,16)13-6-4-12(5-7-13)9(14)10(8-11)2-3-10/h2-7H2,1H3. The fourth-order valence-electron chi connectivity index (χ4n) is 2.02. The highest BCUT2D eigenvalue weighted by Crippen LogP contribution is 2.46. The van der Waals surface area contributed by atoms with Crippen LogP contribution in [0.25, 0.3) is 0 Å². The normalized spacial score (nSPS) is 24.1. The Morgan fingerprint density at radius 3 is 2.12 bits per heavy atom. The fourth-order valence-corrected chi connectivity index (χ4v) is 2.85. The van der Waals surface area contributed by atoms with E-state index < -0.39 is 15.4 Å². The van der Waals surface area contributed by atoms with Crippen LogP contribution >= 0.6 is 0 Å². The molecule has 1 aliphatic carbocycles. The molecule has 17 heavy (non-hydrogen) atoms. The van der Waals surface area contributed by atoms with E-state index in [0.717, 1.165) is 0 Å². The minimum atomic E-state index is -3.17. The van der Waals surface area contributed by atoms with Crippen molar-refractivity contribution in [3.63, 3.8) is 0 Å². The SMILES string of the molecule is CS(=O)(=O)N1CCN(C(=O)C2(C#N)CC2)CC1. The number of rotatable bonds is 2. The molecule has 94 valence electrons. The smallest absolute Gasteiger partial charge is 0.243 e. The van der Waals surface area contributed by atoms with E-state index in [1.807, 2.05) is 0 Å². The summed E-state index contributed by atoms with van der Waals surface area (Å²) in [6, 6.07) is 2.07. The molecule has 2 rings (SSSR count). The molecule has 0 N–H and O–H groups in total. The van der Waals surface area contributed by atoms with Crippen LogP contribution in [0.1, 0.15) is 12.8 Å². The van der Waals surface area contributed by atoms with Gasteiger partial charge in [0.25, 0.3) is 0 Å². The van der Waals surface area contributed by atoms with Crippen LogP contribution in [-0.4, -0.2) is 56.0 Å². The van der Waals surface area contributed by atoms with E-state index >= 15 is 0 Å². The average Bonchev–Trinajstić information content (AvgIpc) is 3.08. The topological polar surface area (TPSA) is 81.5 Å². The van der Waals surface area contributed by atoms with Crippen LogP contribution in [0.15, 0.2) is 0 Å². The number of hydrogen-bond acceptors (Lipinski definition) is 4. The van der Waals surface area contributed by atoms with E-state index in [1.54, 1.807) is 4.90 Å². The summed E-state index contributed by atoms with van der Waals surface area (Å²) >= 11 is 0. The highest BCUT2D eigenvalue weighted by atomic mass is 32.2. The second kappa shape index (κ2) is 3.96. The Labute approximate surface area is 101 Å². The van der Waals surface area contributed by atoms with Gasteiger partial charge in [-0.2, -0.15) is 9.57 Å². The van der Waals surface area contributed by atoms with Crippen molar-refractivity contribution in [1.82, 2.24) is 9.21 Å². The molecule has 0 aromatic rings. The lowest BCUT2D eigenvalue weighted by molar-refractivity contribution is -0.136. The van der Waals surface area contributed by atoms with Crippen molar-refractivity contribution in [2.45, 2.75) is 12.8 Å². The third-order valence-corrected chi connectivity index (χ3v) is 4.67. The van der Waals surface area contributed by atoms with E-state index in [-0.39, 0.29) is 5.91 Å². The molecule has 0 aromatic carbocycles. The van der Waals surface area contributed by atoms with Crippen molar-refractivity contribution >= 4 is 15.9 Å². The van der Waals surface area contributed by atoms with Crippen molar-refractivity contribution < 1.29 is 13.2 Å². The van der Waals surface area contributed by atoms with Gasteiger partial charge < -0.3 is 4.90 Å². The van der Waals surface area contributed by atoms with Crippen LogP contribution in [0.3, 0.4) is 0 Å². The van der Waals surface area contributed by atoms with Crippen molar-refractivity contribution in [3.8, 4) is 6.07 Å². The van der Waals surface area contributed by atoms with Crippen LogP contribution in [-0.2, 0) is 14.8 Å². The molecule has 1 heterocycles. The predicted molar refractivity (Wildman–Crippen MR) is 60.3 cm³/mol. The zero-order valence-electron chi connectivity index (χ0n) is 9.72. The summed E-state index contributed by atoms with van der Waals surface area (Å²) in [5.41, 5.74) is -0.798. The lowest BCUT2D eigenvalue weighted by atomic mass is 10.1. The van der Waals surface area contributed by atoms with E-state index in [4.69, 9.17) is 5.26 Å². The van der Waals surface area contributed by atoms with Crippen LogP contribution in [0, 0.1) is 16.7 Å². The minimum absolute atomic E-state index is 0.131. The van der Waals surface area contributed by atoms with Crippen molar-refractivity contribution in [2.75, 3.05) is 32.4 Å². The summed E-state index contributed by atoms with van der Waals surface area (Å²) in [6.45, 7) is 1.42. The van der Waals surface area contributed by atoms with Gasteiger partial charge >= 0.3 is 0 Å². The molecule has 0 aromatic heterocycles. The van der Waals surface area contributed by atoms with Gasteiger partial charge in [-0.05, 0) is 12.8 Å². The first kappa shape index (κ1) is 12.3. The molecule has 7 heteroatoms. The summed E-state index contributed by atoms with van der Waals surface area (Å²) in [5, 5.41) is 8.94. The molecule has 0 unspecified atom stereocenters. The Bertz CT molecular complexity index is 468. The maximum absolute atomic E-state index is 12.0. The van der Waals surface area contributed by atoms with Gasteiger partial charge in [0.1, 0.15) is 5.41 Å². The van der Waals surface area contributed by atoms with E-state index in [1.165, 1.54) is 10.6 Å². The summed E-state index contributed by atoms with van der Waals surface area (Å²) < 4.78 is 24.0. The minimum Gasteiger partial charge on any atom is -0.339 e. The molecule has 1 saturated heterocycles. The van der Waals surface area contributed by atoms with Gasteiger partial charge in [-0.15, -0.1) is 0 Å². The molecular formula is C10H15N3O3S. The zero-order valence-corrected chi connectivity index (χ0v) is 10.5. The van der Waals surface area contributed by atoms with Gasteiger partial charge in [-0.3, -0.25) is 4.79 Å².